The van der Waals surface area contributed by atoms with E-state index in [9.17, 15) is 0 Å². The number of rotatable bonds is 5. The van der Waals surface area contributed by atoms with Gasteiger partial charge < -0.3 is 9.30 Å². The molecule has 5 heteroatoms. The number of nitrogens with one attached hydrogen (secondary N) is 1. The summed E-state index contributed by atoms with van der Waals surface area (Å²) in [5, 5.41) is 0. The summed E-state index contributed by atoms with van der Waals surface area (Å²) in [7, 11) is 3.82. The van der Waals surface area contributed by atoms with Crippen LogP contribution in [-0.4, -0.2) is 28.3 Å². The third-order valence-electron chi connectivity index (χ3n) is 4.67. The van der Waals surface area contributed by atoms with Gasteiger partial charge in [-0.2, -0.15) is 0 Å². The van der Waals surface area contributed by atoms with E-state index in [-0.39, 0.29) is 11.6 Å². The van der Waals surface area contributed by atoms with E-state index in [0.717, 1.165) is 31.0 Å². The molecule has 1 unspecified atom stereocenters. The van der Waals surface area contributed by atoms with Crippen LogP contribution in [0.15, 0.2) is 12.4 Å². The molecule has 1 aliphatic rings. The first-order valence-corrected chi connectivity index (χ1v) is 7.09. The Morgan fingerprint density at radius 3 is 2.74 bits per heavy atom. The maximum Gasteiger partial charge on any atom is 0.110 e. The van der Waals surface area contributed by atoms with Gasteiger partial charge in [0.25, 0.3) is 0 Å². The Morgan fingerprint density at radius 2 is 2.26 bits per heavy atom. The molecule has 1 atom stereocenters. The summed E-state index contributed by atoms with van der Waals surface area (Å²) in [4.78, 5) is 4.39. The zero-order valence-electron chi connectivity index (χ0n) is 12.2. The summed E-state index contributed by atoms with van der Waals surface area (Å²) in [5.74, 6) is 7.63. The normalized spacial score (nSPS) is 29.4. The molecule has 0 spiro atoms. The quantitative estimate of drug-likeness (QED) is 0.624. The van der Waals surface area contributed by atoms with Gasteiger partial charge in [0, 0.05) is 33.0 Å². The van der Waals surface area contributed by atoms with E-state index in [1.807, 2.05) is 24.0 Å². The number of aromatic nitrogens is 2. The summed E-state index contributed by atoms with van der Waals surface area (Å²) < 4.78 is 7.93. The number of nitrogens with two attached hydrogens (primary N) is 1. The third-order valence-corrected chi connectivity index (χ3v) is 4.67. The monoisotopic (exact) mass is 266 g/mol. The van der Waals surface area contributed by atoms with Gasteiger partial charge in [0.15, 0.2) is 0 Å². The van der Waals surface area contributed by atoms with Crippen molar-refractivity contribution in [3.63, 3.8) is 0 Å². The lowest BCUT2D eigenvalue weighted by molar-refractivity contribution is -0.0751. The molecule has 1 heterocycles. The summed E-state index contributed by atoms with van der Waals surface area (Å²) in [6.07, 6.45) is 9.10. The van der Waals surface area contributed by atoms with Gasteiger partial charge >= 0.3 is 0 Å². The average Bonchev–Trinajstić information content (AvgIpc) is 2.83. The molecule has 2 rings (SSSR count). The smallest absolute Gasteiger partial charge is 0.110 e. The predicted octanol–water partition coefficient (Wildman–Crippen LogP) is 1.39. The molecule has 0 aromatic carbocycles. The predicted molar refractivity (Wildman–Crippen MR) is 75.4 cm³/mol. The minimum Gasteiger partial charge on any atom is -0.377 e. The molecule has 3 N–H and O–H groups in total. The van der Waals surface area contributed by atoms with Crippen LogP contribution in [-0.2, 0) is 18.2 Å². The lowest BCUT2D eigenvalue weighted by Gasteiger charge is -2.43. The molecule has 108 valence electrons. The third kappa shape index (κ3) is 2.99. The van der Waals surface area contributed by atoms with Gasteiger partial charge in [0.2, 0.25) is 0 Å². The standard InChI is InChI=1S/C14H26N4O/c1-11-4-6-14(19-3,7-5-11)12(17-15)10-13-16-8-9-18(13)2/h8-9,11-12,17H,4-7,10,15H2,1-3H3. The molecule has 0 aliphatic heterocycles. The number of hydrogen-bond donors (Lipinski definition) is 2. The van der Waals surface area contributed by atoms with Crippen LogP contribution in [0.1, 0.15) is 38.4 Å². The van der Waals surface area contributed by atoms with Gasteiger partial charge in [0.05, 0.1) is 11.6 Å². The first kappa shape index (κ1) is 14.5. The minimum atomic E-state index is -0.160. The van der Waals surface area contributed by atoms with Crippen LogP contribution in [0.5, 0.6) is 0 Å². The molecule has 1 fully saturated rings. The van der Waals surface area contributed by atoms with Crippen molar-refractivity contribution in [2.75, 3.05) is 7.11 Å². The van der Waals surface area contributed by atoms with Crippen LogP contribution >= 0.6 is 0 Å². The number of hydrogen-bond acceptors (Lipinski definition) is 4. The largest absolute Gasteiger partial charge is 0.377 e. The number of methoxy groups -OCH3 is 1. The maximum absolute atomic E-state index is 5.89. The number of nitrogens with zero attached hydrogens (tertiary/aromatic N) is 2. The molecular weight excluding hydrogens is 240 g/mol. The first-order valence-electron chi connectivity index (χ1n) is 7.09. The van der Waals surface area contributed by atoms with E-state index in [0.29, 0.717) is 0 Å². The Labute approximate surface area is 115 Å². The zero-order valence-corrected chi connectivity index (χ0v) is 12.2. The van der Waals surface area contributed by atoms with Crippen molar-refractivity contribution in [3.8, 4) is 0 Å². The number of aryl methyl sites for hydroxylation is 1. The van der Waals surface area contributed by atoms with E-state index < -0.39 is 0 Å². The van der Waals surface area contributed by atoms with E-state index in [1.54, 1.807) is 7.11 Å². The van der Waals surface area contributed by atoms with Crippen molar-refractivity contribution in [2.45, 2.75) is 50.7 Å². The summed E-state index contributed by atoms with van der Waals surface area (Å²) >= 11 is 0. The fraction of sp³-hybridized carbons (Fsp3) is 0.786. The lowest BCUT2D eigenvalue weighted by Crippen LogP contribution is -2.57. The van der Waals surface area contributed by atoms with E-state index in [4.69, 9.17) is 10.6 Å². The van der Waals surface area contributed by atoms with Crippen molar-refractivity contribution in [3.05, 3.63) is 18.2 Å². The average molecular weight is 266 g/mol. The highest BCUT2D eigenvalue weighted by Crippen LogP contribution is 2.37. The number of imidazole rings is 1. The molecule has 1 aliphatic carbocycles. The van der Waals surface area contributed by atoms with Crippen molar-refractivity contribution in [2.24, 2.45) is 18.8 Å². The second-order valence-corrected chi connectivity index (χ2v) is 5.83. The Kier molecular flexibility index (Phi) is 4.60. The van der Waals surface area contributed by atoms with Crippen LogP contribution in [0, 0.1) is 5.92 Å². The van der Waals surface area contributed by atoms with Crippen molar-refractivity contribution >= 4 is 0 Å². The highest BCUT2D eigenvalue weighted by atomic mass is 16.5. The second-order valence-electron chi connectivity index (χ2n) is 5.83. The van der Waals surface area contributed by atoms with Crippen molar-refractivity contribution in [1.29, 1.82) is 0 Å². The van der Waals surface area contributed by atoms with E-state index in [2.05, 4.69) is 17.3 Å². The van der Waals surface area contributed by atoms with Crippen LogP contribution < -0.4 is 11.3 Å². The van der Waals surface area contributed by atoms with E-state index in [1.165, 1.54) is 12.8 Å². The molecule has 0 bridgehead atoms. The molecule has 0 amide bonds. The highest BCUT2D eigenvalue weighted by molar-refractivity contribution is 5.03. The van der Waals surface area contributed by atoms with Crippen molar-refractivity contribution in [1.82, 2.24) is 15.0 Å². The summed E-state index contributed by atoms with van der Waals surface area (Å²) in [5.41, 5.74) is 2.81. The molecule has 5 nitrogen and oxygen atoms in total. The van der Waals surface area contributed by atoms with Gasteiger partial charge in [-0.15, -0.1) is 0 Å². The fourth-order valence-electron chi connectivity index (χ4n) is 3.12. The molecule has 1 aromatic rings. The van der Waals surface area contributed by atoms with Crippen molar-refractivity contribution < 1.29 is 4.74 Å². The van der Waals surface area contributed by atoms with Crippen LogP contribution in [0.3, 0.4) is 0 Å². The Morgan fingerprint density at radius 1 is 1.58 bits per heavy atom. The second kappa shape index (κ2) is 6.03. The van der Waals surface area contributed by atoms with E-state index >= 15 is 0 Å². The van der Waals surface area contributed by atoms with Gasteiger partial charge in [-0.25, -0.2) is 4.98 Å². The lowest BCUT2D eigenvalue weighted by atomic mass is 9.74. The topological polar surface area (TPSA) is 65.1 Å². The van der Waals surface area contributed by atoms with Crippen LogP contribution in [0.4, 0.5) is 0 Å². The summed E-state index contributed by atoms with van der Waals surface area (Å²) in [6.45, 7) is 2.31. The maximum atomic E-state index is 5.89. The Balaban J connectivity index is 2.12. The Hall–Kier alpha value is -0.910. The fourth-order valence-corrected chi connectivity index (χ4v) is 3.12. The van der Waals surface area contributed by atoms with Gasteiger partial charge in [-0.05, 0) is 31.6 Å². The molecule has 1 aromatic heterocycles. The molecule has 19 heavy (non-hydrogen) atoms. The molecule has 0 radical (unpaired) electrons. The Bertz CT molecular complexity index is 396. The number of hydrazine groups is 1. The first-order chi connectivity index (χ1) is 9.11. The molecular formula is C14H26N4O. The zero-order chi connectivity index (χ0) is 13.9. The number of ether oxygens (including phenoxy) is 1. The molecule has 0 saturated heterocycles. The van der Waals surface area contributed by atoms with Gasteiger partial charge in [-0.1, -0.05) is 6.92 Å². The highest BCUT2D eigenvalue weighted by Gasteiger charge is 2.41. The summed E-state index contributed by atoms with van der Waals surface area (Å²) in [6, 6.07) is 0.103. The minimum absolute atomic E-state index is 0.103. The van der Waals surface area contributed by atoms with Crippen LogP contribution in [0.25, 0.3) is 0 Å². The SMILES string of the molecule is COC1(C(Cc2nccn2C)NN)CCC(C)CC1. The molecule has 1 saturated carbocycles. The van der Waals surface area contributed by atoms with Crippen LogP contribution in [0.2, 0.25) is 0 Å². The van der Waals surface area contributed by atoms with Gasteiger partial charge in [0.1, 0.15) is 5.82 Å². The van der Waals surface area contributed by atoms with Gasteiger partial charge in [-0.3, -0.25) is 11.3 Å².